The lowest BCUT2D eigenvalue weighted by atomic mass is 9.99. The third-order valence-electron chi connectivity index (χ3n) is 4.11. The second-order valence-corrected chi connectivity index (χ2v) is 6.37. The Kier molecular flexibility index (Phi) is 6.72. The molecule has 0 bridgehead atoms. The molecule has 1 aromatic carbocycles. The highest BCUT2D eigenvalue weighted by atomic mass is 35.5. The van der Waals surface area contributed by atoms with E-state index in [-0.39, 0.29) is 5.38 Å². The highest BCUT2D eigenvalue weighted by Gasteiger charge is 2.14. The van der Waals surface area contributed by atoms with E-state index in [1.54, 1.807) is 0 Å². The van der Waals surface area contributed by atoms with E-state index in [1.165, 1.54) is 49.7 Å². The van der Waals surface area contributed by atoms with E-state index in [9.17, 15) is 0 Å². The second-order valence-electron chi connectivity index (χ2n) is 5.84. The highest BCUT2D eigenvalue weighted by Crippen LogP contribution is 2.32. The van der Waals surface area contributed by atoms with Crippen LogP contribution in [0, 0.1) is 0 Å². The Morgan fingerprint density at radius 3 is 2.80 bits per heavy atom. The minimum absolute atomic E-state index is 0.161. The van der Waals surface area contributed by atoms with Gasteiger partial charge in [-0.3, -0.25) is 0 Å². The van der Waals surface area contributed by atoms with Crippen LogP contribution in [-0.2, 0) is 6.42 Å². The second kappa shape index (κ2) is 8.56. The lowest BCUT2D eigenvalue weighted by Gasteiger charge is -2.19. The van der Waals surface area contributed by atoms with Gasteiger partial charge in [-0.2, -0.15) is 0 Å². The summed E-state index contributed by atoms with van der Waals surface area (Å²) in [6.45, 7) is 3.11. The van der Waals surface area contributed by atoms with E-state index in [0.29, 0.717) is 0 Å². The third-order valence-corrected chi connectivity index (χ3v) is 4.58. The molecule has 20 heavy (non-hydrogen) atoms. The van der Waals surface area contributed by atoms with Crippen molar-refractivity contribution in [3.8, 4) is 5.75 Å². The summed E-state index contributed by atoms with van der Waals surface area (Å²) in [5.74, 6) is 1.06. The largest absolute Gasteiger partial charge is 0.493 e. The minimum Gasteiger partial charge on any atom is -0.493 e. The molecule has 1 aliphatic rings. The molecular weight excluding hydrogens is 268 g/mol. The van der Waals surface area contributed by atoms with Gasteiger partial charge >= 0.3 is 0 Å². The molecule has 0 aromatic heterocycles. The Balaban J connectivity index is 1.76. The molecule has 0 saturated heterocycles. The van der Waals surface area contributed by atoms with Crippen molar-refractivity contribution in [2.24, 2.45) is 0 Å². The summed E-state index contributed by atoms with van der Waals surface area (Å²) >= 11 is 6.55. The summed E-state index contributed by atoms with van der Waals surface area (Å²) in [5, 5.41) is 0.161. The van der Waals surface area contributed by atoms with Gasteiger partial charge in [0.2, 0.25) is 0 Å². The fraction of sp³-hybridized carbons (Fsp3) is 0.667. The van der Waals surface area contributed by atoms with Gasteiger partial charge in [-0.25, -0.2) is 0 Å². The van der Waals surface area contributed by atoms with E-state index in [4.69, 9.17) is 16.3 Å². The molecular formula is C18H27ClO. The van der Waals surface area contributed by atoms with Crippen LogP contribution in [-0.4, -0.2) is 6.61 Å². The number of alkyl halides is 1. The molecule has 2 heteroatoms. The Labute approximate surface area is 128 Å². The molecule has 0 saturated carbocycles. The van der Waals surface area contributed by atoms with Crippen molar-refractivity contribution in [1.29, 1.82) is 0 Å². The van der Waals surface area contributed by atoms with Gasteiger partial charge in [-0.1, -0.05) is 57.6 Å². The first-order valence-corrected chi connectivity index (χ1v) is 8.64. The Hall–Kier alpha value is -0.690. The zero-order valence-electron chi connectivity index (χ0n) is 12.7. The first kappa shape index (κ1) is 15.7. The van der Waals surface area contributed by atoms with Crippen LogP contribution >= 0.6 is 11.6 Å². The van der Waals surface area contributed by atoms with Crippen LogP contribution in [0.3, 0.4) is 0 Å². The Morgan fingerprint density at radius 2 is 1.95 bits per heavy atom. The van der Waals surface area contributed by atoms with Crippen molar-refractivity contribution in [3.05, 3.63) is 29.3 Å². The molecule has 1 atom stereocenters. The van der Waals surface area contributed by atoms with E-state index in [0.717, 1.165) is 31.6 Å². The zero-order valence-corrected chi connectivity index (χ0v) is 13.4. The van der Waals surface area contributed by atoms with Gasteiger partial charge in [0.25, 0.3) is 0 Å². The topological polar surface area (TPSA) is 9.23 Å². The van der Waals surface area contributed by atoms with Crippen LogP contribution in [0.4, 0.5) is 0 Å². The van der Waals surface area contributed by atoms with Crippen LogP contribution in [0.1, 0.15) is 74.8 Å². The number of fused-ring (bicyclic) bond motifs is 1. The standard InChI is InChI=1S/C18H27ClO/c1-2-3-4-5-6-7-10-17(19)15-11-12-18-16(14-15)9-8-13-20-18/h11-12,14,17H,2-10,13H2,1H3. The Morgan fingerprint density at radius 1 is 1.15 bits per heavy atom. The summed E-state index contributed by atoms with van der Waals surface area (Å²) in [7, 11) is 0. The molecule has 1 heterocycles. The van der Waals surface area contributed by atoms with Crippen molar-refractivity contribution in [1.82, 2.24) is 0 Å². The van der Waals surface area contributed by atoms with Crippen molar-refractivity contribution in [3.63, 3.8) is 0 Å². The number of hydrogen-bond acceptors (Lipinski definition) is 1. The number of rotatable bonds is 8. The molecule has 2 rings (SSSR count). The first-order valence-electron chi connectivity index (χ1n) is 8.21. The van der Waals surface area contributed by atoms with Gasteiger partial charge in [0.05, 0.1) is 12.0 Å². The maximum absolute atomic E-state index is 6.55. The highest BCUT2D eigenvalue weighted by molar-refractivity contribution is 6.20. The van der Waals surface area contributed by atoms with Crippen molar-refractivity contribution < 1.29 is 4.74 Å². The molecule has 1 unspecified atom stereocenters. The summed E-state index contributed by atoms with van der Waals surface area (Å²) in [4.78, 5) is 0. The average molecular weight is 295 g/mol. The molecule has 0 radical (unpaired) electrons. The summed E-state index contributed by atoms with van der Waals surface area (Å²) in [6, 6.07) is 6.49. The van der Waals surface area contributed by atoms with Gasteiger partial charge in [0.1, 0.15) is 5.75 Å². The summed E-state index contributed by atoms with van der Waals surface area (Å²) in [6.07, 6.45) is 11.3. The molecule has 0 spiro atoms. The van der Waals surface area contributed by atoms with E-state index < -0.39 is 0 Å². The molecule has 0 aliphatic carbocycles. The van der Waals surface area contributed by atoms with E-state index in [1.807, 2.05) is 0 Å². The smallest absolute Gasteiger partial charge is 0.122 e. The van der Waals surface area contributed by atoms with Gasteiger partial charge < -0.3 is 4.74 Å². The number of aryl methyl sites for hydroxylation is 1. The molecule has 0 N–H and O–H groups in total. The zero-order chi connectivity index (χ0) is 14.2. The van der Waals surface area contributed by atoms with Crippen LogP contribution in [0.15, 0.2) is 18.2 Å². The Bertz CT molecular complexity index is 402. The van der Waals surface area contributed by atoms with Crippen molar-refractivity contribution >= 4 is 11.6 Å². The van der Waals surface area contributed by atoms with Gasteiger partial charge in [0, 0.05) is 0 Å². The van der Waals surface area contributed by atoms with Gasteiger partial charge in [0.15, 0.2) is 0 Å². The number of ether oxygens (including phenoxy) is 1. The number of halogens is 1. The summed E-state index contributed by atoms with van der Waals surface area (Å²) < 4.78 is 5.65. The molecule has 0 fully saturated rings. The van der Waals surface area contributed by atoms with Crippen LogP contribution in [0.5, 0.6) is 5.75 Å². The summed E-state index contributed by atoms with van der Waals surface area (Å²) in [5.41, 5.74) is 2.60. The molecule has 112 valence electrons. The number of unbranched alkanes of at least 4 members (excludes halogenated alkanes) is 5. The van der Waals surface area contributed by atoms with Gasteiger partial charge in [-0.15, -0.1) is 11.6 Å². The first-order chi connectivity index (χ1) is 9.81. The fourth-order valence-corrected chi connectivity index (χ4v) is 3.14. The maximum Gasteiger partial charge on any atom is 0.122 e. The molecule has 1 nitrogen and oxygen atoms in total. The number of benzene rings is 1. The molecule has 1 aliphatic heterocycles. The van der Waals surface area contributed by atoms with E-state index in [2.05, 4.69) is 25.1 Å². The van der Waals surface area contributed by atoms with E-state index >= 15 is 0 Å². The van der Waals surface area contributed by atoms with Crippen molar-refractivity contribution in [2.45, 2.75) is 70.1 Å². The third kappa shape index (κ3) is 4.70. The quantitative estimate of drug-likeness (QED) is 0.419. The van der Waals surface area contributed by atoms with Gasteiger partial charge in [-0.05, 0) is 36.5 Å². The van der Waals surface area contributed by atoms with Crippen LogP contribution in [0.25, 0.3) is 0 Å². The molecule has 0 amide bonds. The maximum atomic E-state index is 6.55. The fourth-order valence-electron chi connectivity index (χ4n) is 2.85. The monoisotopic (exact) mass is 294 g/mol. The van der Waals surface area contributed by atoms with Crippen LogP contribution in [0.2, 0.25) is 0 Å². The number of hydrogen-bond donors (Lipinski definition) is 0. The lowest BCUT2D eigenvalue weighted by Crippen LogP contribution is -2.08. The van der Waals surface area contributed by atoms with Crippen LogP contribution < -0.4 is 4.74 Å². The van der Waals surface area contributed by atoms with Crippen molar-refractivity contribution in [2.75, 3.05) is 6.61 Å². The predicted molar refractivity (Wildman–Crippen MR) is 86.8 cm³/mol. The molecule has 1 aromatic rings. The predicted octanol–water partition coefficient (Wildman–Crippen LogP) is 6.04. The lowest BCUT2D eigenvalue weighted by molar-refractivity contribution is 0.288. The average Bonchev–Trinajstić information content (AvgIpc) is 2.50. The normalized spacial score (nSPS) is 15.5. The SMILES string of the molecule is CCCCCCCCC(Cl)c1ccc2c(c1)CCCO2. The minimum atomic E-state index is 0.161.